The lowest BCUT2D eigenvalue weighted by molar-refractivity contribution is 0.0204. The number of carbonyl (C=O) groups excluding carboxylic acids is 1. The van der Waals surface area contributed by atoms with Gasteiger partial charge in [-0.15, -0.1) is 0 Å². The Morgan fingerprint density at radius 1 is 1.23 bits per heavy atom. The number of benzene rings is 2. The first-order valence-electron chi connectivity index (χ1n) is 10.8. The first kappa shape index (κ1) is 21.9. The van der Waals surface area contributed by atoms with Gasteiger partial charge in [0.05, 0.1) is 0 Å². The molecule has 0 aromatic heterocycles. The lowest BCUT2D eigenvalue weighted by atomic mass is 9.86. The predicted molar refractivity (Wildman–Crippen MR) is 119 cm³/mol. The molecule has 2 aliphatic heterocycles. The van der Waals surface area contributed by atoms with E-state index in [9.17, 15) is 9.18 Å². The molecular weight excluding hydrogens is 417 g/mol. The van der Waals surface area contributed by atoms with Crippen molar-refractivity contribution in [1.29, 1.82) is 0 Å². The third-order valence-corrected chi connectivity index (χ3v) is 6.30. The van der Waals surface area contributed by atoms with E-state index in [4.69, 9.17) is 21.1 Å². The largest absolute Gasteiger partial charge is 0.482 e. The molecule has 1 atom stereocenters. The van der Waals surface area contributed by atoms with Gasteiger partial charge in [-0.3, -0.25) is 0 Å². The van der Waals surface area contributed by atoms with Gasteiger partial charge < -0.3 is 14.4 Å². The van der Waals surface area contributed by atoms with Crippen LogP contribution in [0.4, 0.5) is 9.18 Å². The fourth-order valence-corrected chi connectivity index (χ4v) is 4.74. The van der Waals surface area contributed by atoms with Crippen molar-refractivity contribution in [3.05, 3.63) is 63.9 Å². The van der Waals surface area contributed by atoms with E-state index in [1.54, 1.807) is 17.0 Å². The number of rotatable bonds is 2. The van der Waals surface area contributed by atoms with Gasteiger partial charge in [0.25, 0.3) is 0 Å². The Labute approximate surface area is 188 Å². The van der Waals surface area contributed by atoms with Gasteiger partial charge >= 0.3 is 6.09 Å². The Bertz CT molecular complexity index is 995. The van der Waals surface area contributed by atoms with Crippen LogP contribution in [0.3, 0.4) is 0 Å². The van der Waals surface area contributed by atoms with Crippen LogP contribution in [0, 0.1) is 5.82 Å². The number of fused-ring (bicyclic) bond motifs is 1. The summed E-state index contributed by atoms with van der Waals surface area (Å²) in [5.74, 6) is 0.788. The maximum absolute atomic E-state index is 14.6. The second-order valence-corrected chi connectivity index (χ2v) is 10.1. The summed E-state index contributed by atoms with van der Waals surface area (Å²) in [5.41, 5.74) is 1.47. The molecule has 1 fully saturated rings. The highest BCUT2D eigenvalue weighted by Crippen LogP contribution is 2.47. The topological polar surface area (TPSA) is 38.8 Å². The van der Waals surface area contributed by atoms with E-state index in [0.717, 1.165) is 29.7 Å². The number of piperidine rings is 1. The average molecular weight is 446 g/mol. The molecule has 31 heavy (non-hydrogen) atoms. The van der Waals surface area contributed by atoms with Crippen molar-refractivity contribution in [2.75, 3.05) is 13.1 Å². The maximum Gasteiger partial charge on any atom is 0.410 e. The number of likely N-dealkylation sites (tertiary alicyclic amines) is 1. The Hall–Kier alpha value is -2.27. The molecule has 0 saturated carbocycles. The van der Waals surface area contributed by atoms with E-state index in [1.165, 1.54) is 6.07 Å². The van der Waals surface area contributed by atoms with E-state index in [-0.39, 0.29) is 17.8 Å². The lowest BCUT2D eigenvalue weighted by Crippen LogP contribution is -2.41. The molecule has 1 unspecified atom stereocenters. The molecule has 1 saturated heterocycles. The van der Waals surface area contributed by atoms with Gasteiger partial charge in [0, 0.05) is 30.1 Å². The van der Waals surface area contributed by atoms with Crippen LogP contribution in [-0.4, -0.2) is 29.7 Å². The third-order valence-electron chi connectivity index (χ3n) is 6.07. The number of carbonyl (C=O) groups is 1. The molecule has 4 nitrogen and oxygen atoms in total. The average Bonchev–Trinajstić information content (AvgIpc) is 3.03. The van der Waals surface area contributed by atoms with Gasteiger partial charge in [-0.25, -0.2) is 9.18 Å². The van der Waals surface area contributed by atoms with Crippen LogP contribution in [0.2, 0.25) is 5.02 Å². The van der Waals surface area contributed by atoms with Crippen molar-refractivity contribution in [2.24, 2.45) is 0 Å². The number of para-hydroxylation sites is 1. The van der Waals surface area contributed by atoms with E-state index < -0.39 is 11.2 Å². The number of halogens is 2. The summed E-state index contributed by atoms with van der Waals surface area (Å²) in [7, 11) is 0. The molecule has 0 spiro atoms. The Morgan fingerprint density at radius 3 is 2.58 bits per heavy atom. The summed E-state index contributed by atoms with van der Waals surface area (Å²) in [4.78, 5) is 14.2. The Morgan fingerprint density at radius 2 is 1.94 bits per heavy atom. The van der Waals surface area contributed by atoms with Gasteiger partial charge in [-0.1, -0.05) is 35.9 Å². The molecule has 0 aliphatic carbocycles. The number of hydrogen-bond acceptors (Lipinski definition) is 3. The van der Waals surface area contributed by atoms with Crippen LogP contribution in [0.25, 0.3) is 0 Å². The highest BCUT2D eigenvalue weighted by atomic mass is 35.5. The molecule has 0 bridgehead atoms. The van der Waals surface area contributed by atoms with Gasteiger partial charge in [0.15, 0.2) is 0 Å². The van der Waals surface area contributed by atoms with Crippen molar-refractivity contribution in [3.63, 3.8) is 0 Å². The number of amides is 1. The van der Waals surface area contributed by atoms with Gasteiger partial charge in [0.2, 0.25) is 0 Å². The molecule has 0 N–H and O–H groups in total. The standard InChI is InChI=1S/C25H29ClFNO3/c1-24(2,3)31-23(29)28-12-10-16(11-13-28)19-7-5-6-17-15-25(4,30-22(17)19)20-9-8-18(26)14-21(20)27/h5-9,14,16H,10-13,15H2,1-4H3. The minimum Gasteiger partial charge on any atom is -0.482 e. The Balaban J connectivity index is 1.51. The SMILES string of the molecule is CC(C)(C)OC(=O)N1CCC(c2cccc3c2OC(C)(c2ccc(Cl)cc2F)C3)CC1. The lowest BCUT2D eigenvalue weighted by Gasteiger charge is -2.34. The molecule has 2 aromatic carbocycles. The minimum absolute atomic E-state index is 0.258. The molecule has 166 valence electrons. The molecule has 4 rings (SSSR count). The van der Waals surface area contributed by atoms with Crippen LogP contribution >= 0.6 is 11.6 Å². The maximum atomic E-state index is 14.6. The van der Waals surface area contributed by atoms with Crippen LogP contribution in [0.5, 0.6) is 5.75 Å². The summed E-state index contributed by atoms with van der Waals surface area (Å²) in [6, 6.07) is 10.9. The first-order chi connectivity index (χ1) is 14.6. The molecule has 6 heteroatoms. The normalized spacial score (nSPS) is 21.5. The zero-order valence-corrected chi connectivity index (χ0v) is 19.3. The smallest absolute Gasteiger partial charge is 0.410 e. The van der Waals surface area contributed by atoms with Crippen molar-refractivity contribution < 1.29 is 18.7 Å². The summed E-state index contributed by atoms with van der Waals surface area (Å²) in [6.07, 6.45) is 2.02. The molecule has 2 aliphatic rings. The van der Waals surface area contributed by atoms with Crippen LogP contribution in [0.1, 0.15) is 63.1 Å². The zero-order valence-electron chi connectivity index (χ0n) is 18.5. The number of ether oxygens (including phenoxy) is 2. The van der Waals surface area contributed by atoms with Gasteiger partial charge in [0.1, 0.15) is 22.8 Å². The van der Waals surface area contributed by atoms with E-state index in [2.05, 4.69) is 6.07 Å². The van der Waals surface area contributed by atoms with E-state index >= 15 is 0 Å². The second kappa shape index (κ2) is 8.01. The molecule has 0 radical (unpaired) electrons. The Kier molecular flexibility index (Phi) is 5.67. The fraction of sp³-hybridized carbons (Fsp3) is 0.480. The monoisotopic (exact) mass is 445 g/mol. The van der Waals surface area contributed by atoms with Crippen molar-refractivity contribution in [1.82, 2.24) is 4.90 Å². The summed E-state index contributed by atoms with van der Waals surface area (Å²) in [6.45, 7) is 8.85. The minimum atomic E-state index is -0.773. The molecule has 2 aromatic rings. The number of hydrogen-bond donors (Lipinski definition) is 0. The zero-order chi connectivity index (χ0) is 22.4. The van der Waals surface area contributed by atoms with Crippen LogP contribution in [-0.2, 0) is 16.8 Å². The number of nitrogens with zero attached hydrogens (tertiary/aromatic N) is 1. The highest BCUT2D eigenvalue weighted by Gasteiger charge is 2.41. The van der Waals surface area contributed by atoms with Crippen LogP contribution < -0.4 is 4.74 Å². The van der Waals surface area contributed by atoms with Crippen molar-refractivity contribution >= 4 is 17.7 Å². The molecule has 1 amide bonds. The van der Waals surface area contributed by atoms with E-state index in [1.807, 2.05) is 39.8 Å². The first-order valence-corrected chi connectivity index (χ1v) is 11.2. The summed E-state index contributed by atoms with van der Waals surface area (Å²) >= 11 is 5.94. The summed E-state index contributed by atoms with van der Waals surface area (Å²) in [5, 5.41) is 0.373. The predicted octanol–water partition coefficient (Wildman–Crippen LogP) is 6.44. The van der Waals surface area contributed by atoms with Gasteiger partial charge in [-0.05, 0) is 69.7 Å². The second-order valence-electron chi connectivity index (χ2n) is 9.71. The molecule has 2 heterocycles. The van der Waals surface area contributed by atoms with Crippen LogP contribution in [0.15, 0.2) is 36.4 Å². The highest BCUT2D eigenvalue weighted by molar-refractivity contribution is 6.30. The van der Waals surface area contributed by atoms with E-state index in [0.29, 0.717) is 30.1 Å². The quantitative estimate of drug-likeness (QED) is 0.533. The molecular formula is C25H29ClFNO3. The van der Waals surface area contributed by atoms with Crippen molar-refractivity contribution in [3.8, 4) is 5.75 Å². The van der Waals surface area contributed by atoms with Crippen molar-refractivity contribution in [2.45, 2.75) is 64.1 Å². The fourth-order valence-electron chi connectivity index (χ4n) is 4.58. The summed E-state index contributed by atoms with van der Waals surface area (Å²) < 4.78 is 26.6. The third kappa shape index (κ3) is 4.52. The van der Waals surface area contributed by atoms with Gasteiger partial charge in [-0.2, -0.15) is 0 Å².